The molecule has 20 heavy (non-hydrogen) atoms. The number of aromatic nitrogens is 2. The van der Waals surface area contributed by atoms with Gasteiger partial charge in [0.15, 0.2) is 0 Å². The fraction of sp³-hybridized carbons (Fsp3) is 0.286. The number of nitrogens with zero attached hydrogens (tertiary/aromatic N) is 2. The van der Waals surface area contributed by atoms with E-state index in [2.05, 4.69) is 26.3 Å². The van der Waals surface area contributed by atoms with E-state index in [1.54, 1.807) is 29.9 Å². The van der Waals surface area contributed by atoms with Crippen molar-refractivity contribution in [1.29, 1.82) is 0 Å². The van der Waals surface area contributed by atoms with Crippen LogP contribution < -0.4 is 5.32 Å². The minimum Gasteiger partial charge on any atom is -0.324 e. The van der Waals surface area contributed by atoms with E-state index < -0.39 is 6.04 Å². The summed E-state index contributed by atoms with van der Waals surface area (Å²) in [4.78, 5) is 12.3. The van der Waals surface area contributed by atoms with Crippen molar-refractivity contribution in [2.45, 2.75) is 26.8 Å². The predicted molar refractivity (Wildman–Crippen MR) is 84.2 cm³/mol. The number of carbonyl (C=O) groups excluding carboxylic acids is 1. The second-order valence-corrected chi connectivity index (χ2v) is 5.96. The molecular formula is C14H15BrClN3O. The summed E-state index contributed by atoms with van der Waals surface area (Å²) in [6, 6.07) is 5.01. The quantitative estimate of drug-likeness (QED) is 0.899. The van der Waals surface area contributed by atoms with Crippen molar-refractivity contribution in [2.24, 2.45) is 0 Å². The zero-order chi connectivity index (χ0) is 14.9. The Hall–Kier alpha value is -1.33. The van der Waals surface area contributed by atoms with E-state index in [0.29, 0.717) is 5.02 Å². The highest BCUT2D eigenvalue weighted by atomic mass is 79.9. The van der Waals surface area contributed by atoms with Crippen LogP contribution in [0.4, 0.5) is 5.69 Å². The zero-order valence-electron chi connectivity index (χ0n) is 11.4. The normalized spacial score (nSPS) is 12.2. The number of benzene rings is 1. The Bertz CT molecular complexity index is 634. The third-order valence-electron chi connectivity index (χ3n) is 3.09. The summed E-state index contributed by atoms with van der Waals surface area (Å²) in [6.07, 6.45) is 1.80. The average molecular weight is 357 g/mol. The molecule has 1 amide bonds. The van der Waals surface area contributed by atoms with Crippen molar-refractivity contribution >= 4 is 39.1 Å². The van der Waals surface area contributed by atoms with Gasteiger partial charge in [0.2, 0.25) is 5.91 Å². The first-order chi connectivity index (χ1) is 9.38. The van der Waals surface area contributed by atoms with Gasteiger partial charge in [-0.2, -0.15) is 5.10 Å². The fourth-order valence-electron chi connectivity index (χ4n) is 1.74. The third kappa shape index (κ3) is 3.22. The Morgan fingerprint density at radius 3 is 2.75 bits per heavy atom. The Morgan fingerprint density at radius 1 is 1.45 bits per heavy atom. The van der Waals surface area contributed by atoms with Crippen molar-refractivity contribution < 1.29 is 4.79 Å². The maximum absolute atomic E-state index is 12.3. The summed E-state index contributed by atoms with van der Waals surface area (Å²) in [5.41, 5.74) is 2.54. The SMILES string of the molecule is Cc1ccc(Cl)cc1NC(=O)C(C)n1cc(Br)c(C)n1. The molecular weight excluding hydrogens is 342 g/mol. The van der Waals surface area contributed by atoms with E-state index in [4.69, 9.17) is 11.6 Å². The average Bonchev–Trinajstić information content (AvgIpc) is 2.73. The Balaban J connectivity index is 2.17. The lowest BCUT2D eigenvalue weighted by Crippen LogP contribution is -2.24. The Kier molecular flexibility index (Phi) is 4.50. The maximum Gasteiger partial charge on any atom is 0.248 e. The van der Waals surface area contributed by atoms with E-state index in [9.17, 15) is 4.79 Å². The topological polar surface area (TPSA) is 46.9 Å². The summed E-state index contributed by atoms with van der Waals surface area (Å²) in [6.45, 7) is 5.60. The van der Waals surface area contributed by atoms with Crippen LogP contribution in [-0.4, -0.2) is 15.7 Å². The molecule has 1 aromatic carbocycles. The molecule has 0 fully saturated rings. The van der Waals surface area contributed by atoms with Crippen LogP contribution in [0.15, 0.2) is 28.9 Å². The molecule has 4 nitrogen and oxygen atoms in total. The molecule has 2 rings (SSSR count). The lowest BCUT2D eigenvalue weighted by atomic mass is 10.2. The monoisotopic (exact) mass is 355 g/mol. The molecule has 0 radical (unpaired) electrons. The van der Waals surface area contributed by atoms with Crippen molar-refractivity contribution in [3.63, 3.8) is 0 Å². The van der Waals surface area contributed by atoms with Crippen LogP contribution in [-0.2, 0) is 4.79 Å². The molecule has 1 atom stereocenters. The number of halogens is 2. The first-order valence-electron chi connectivity index (χ1n) is 6.16. The lowest BCUT2D eigenvalue weighted by molar-refractivity contribution is -0.119. The van der Waals surface area contributed by atoms with Gasteiger partial charge in [0, 0.05) is 16.9 Å². The number of amides is 1. The van der Waals surface area contributed by atoms with Crippen LogP contribution >= 0.6 is 27.5 Å². The van der Waals surface area contributed by atoms with Crippen LogP contribution in [0.3, 0.4) is 0 Å². The lowest BCUT2D eigenvalue weighted by Gasteiger charge is -2.14. The smallest absolute Gasteiger partial charge is 0.248 e. The van der Waals surface area contributed by atoms with E-state index in [1.807, 2.05) is 19.9 Å². The van der Waals surface area contributed by atoms with Gasteiger partial charge in [-0.15, -0.1) is 0 Å². The molecule has 1 heterocycles. The predicted octanol–water partition coefficient (Wildman–Crippen LogP) is 4.12. The number of hydrogen-bond acceptors (Lipinski definition) is 2. The van der Waals surface area contributed by atoms with Crippen molar-refractivity contribution in [2.75, 3.05) is 5.32 Å². The minimum atomic E-state index is -0.404. The molecule has 0 aliphatic heterocycles. The third-order valence-corrected chi connectivity index (χ3v) is 4.10. The second-order valence-electron chi connectivity index (χ2n) is 4.67. The number of hydrogen-bond donors (Lipinski definition) is 1. The van der Waals surface area contributed by atoms with Crippen LogP contribution in [0, 0.1) is 13.8 Å². The van der Waals surface area contributed by atoms with Crippen LogP contribution in [0.2, 0.25) is 5.02 Å². The summed E-state index contributed by atoms with van der Waals surface area (Å²) >= 11 is 9.33. The molecule has 0 aliphatic rings. The first kappa shape index (κ1) is 15.1. The van der Waals surface area contributed by atoms with E-state index >= 15 is 0 Å². The van der Waals surface area contributed by atoms with E-state index in [0.717, 1.165) is 21.4 Å². The highest BCUT2D eigenvalue weighted by Gasteiger charge is 2.17. The number of anilines is 1. The van der Waals surface area contributed by atoms with Gasteiger partial charge < -0.3 is 5.32 Å². The molecule has 1 unspecified atom stereocenters. The molecule has 1 N–H and O–H groups in total. The first-order valence-corrected chi connectivity index (χ1v) is 7.34. The molecule has 0 saturated heterocycles. The molecule has 106 valence electrons. The molecule has 0 saturated carbocycles. The molecule has 6 heteroatoms. The zero-order valence-corrected chi connectivity index (χ0v) is 13.8. The standard InChI is InChI=1S/C14H15BrClN3O/c1-8-4-5-11(16)6-13(8)17-14(20)10(3)19-7-12(15)9(2)18-19/h4-7,10H,1-3H3,(H,17,20). The van der Waals surface area contributed by atoms with Gasteiger partial charge in [-0.1, -0.05) is 17.7 Å². The molecule has 0 bridgehead atoms. The van der Waals surface area contributed by atoms with Crippen molar-refractivity contribution in [3.8, 4) is 0 Å². The second kappa shape index (κ2) is 5.97. The van der Waals surface area contributed by atoms with Gasteiger partial charge in [0.05, 0.1) is 10.2 Å². The molecule has 2 aromatic rings. The number of rotatable bonds is 3. The van der Waals surface area contributed by atoms with Crippen LogP contribution in [0.5, 0.6) is 0 Å². The number of carbonyl (C=O) groups is 1. The largest absolute Gasteiger partial charge is 0.324 e. The van der Waals surface area contributed by atoms with Crippen molar-refractivity contribution in [3.05, 3.63) is 45.1 Å². The van der Waals surface area contributed by atoms with Gasteiger partial charge in [-0.25, -0.2) is 0 Å². The number of aryl methyl sites for hydroxylation is 2. The van der Waals surface area contributed by atoms with Gasteiger partial charge in [-0.3, -0.25) is 9.48 Å². The molecule has 0 aliphatic carbocycles. The van der Waals surface area contributed by atoms with E-state index in [-0.39, 0.29) is 5.91 Å². The number of nitrogens with one attached hydrogen (secondary N) is 1. The van der Waals surface area contributed by atoms with Crippen LogP contribution in [0.25, 0.3) is 0 Å². The summed E-state index contributed by atoms with van der Waals surface area (Å²) in [5.74, 6) is -0.134. The molecule has 1 aromatic heterocycles. The van der Waals surface area contributed by atoms with Gasteiger partial charge in [0.1, 0.15) is 6.04 Å². The summed E-state index contributed by atoms with van der Waals surface area (Å²) < 4.78 is 2.52. The highest BCUT2D eigenvalue weighted by Crippen LogP contribution is 2.22. The molecule has 0 spiro atoms. The summed E-state index contributed by atoms with van der Waals surface area (Å²) in [5, 5.41) is 7.77. The maximum atomic E-state index is 12.3. The summed E-state index contributed by atoms with van der Waals surface area (Å²) in [7, 11) is 0. The fourth-order valence-corrected chi connectivity index (χ4v) is 2.21. The highest BCUT2D eigenvalue weighted by molar-refractivity contribution is 9.10. The van der Waals surface area contributed by atoms with Gasteiger partial charge in [0.25, 0.3) is 0 Å². The Labute approximate surface area is 131 Å². The Morgan fingerprint density at radius 2 is 2.15 bits per heavy atom. The van der Waals surface area contributed by atoms with Crippen molar-refractivity contribution in [1.82, 2.24) is 9.78 Å². The van der Waals surface area contributed by atoms with Gasteiger partial charge in [-0.05, 0) is 54.4 Å². The van der Waals surface area contributed by atoms with Gasteiger partial charge >= 0.3 is 0 Å². The van der Waals surface area contributed by atoms with E-state index in [1.165, 1.54) is 0 Å². The van der Waals surface area contributed by atoms with Crippen LogP contribution in [0.1, 0.15) is 24.2 Å². The minimum absolute atomic E-state index is 0.134.